The largest absolute Gasteiger partial charge is 0.771 e. The molecule has 0 aliphatic carbocycles. The molecule has 1 aromatic heterocycles. The molecule has 0 radical (unpaired) electrons. The summed E-state index contributed by atoms with van der Waals surface area (Å²) >= 11 is 3.64. The Morgan fingerprint density at radius 2 is 2.21 bits per heavy atom. The number of carbonyl (C=O) groups is 1. The minimum atomic E-state index is -2.09. The van der Waals surface area contributed by atoms with Crippen LogP contribution in [0.15, 0.2) is 12.4 Å². The Bertz CT molecular complexity index is 481. The number of aromatic nitrogens is 2. The van der Waals surface area contributed by atoms with Gasteiger partial charge in [0.1, 0.15) is 0 Å². The molecule has 1 fully saturated rings. The zero-order valence-electron chi connectivity index (χ0n) is 10.2. The molecule has 0 N–H and O–H groups in total. The standard InChI is InChI=1S/C10H15ClN4O3S/c11-9-6-12-15(7-9)10(16)14-3-1-2-13(4-5-14)8-19(17)18/h6-7H,1-5,8H2,(H,17,18)/p-1. The molecule has 1 unspecified atom stereocenters. The summed E-state index contributed by atoms with van der Waals surface area (Å²) in [4.78, 5) is 15.6. The van der Waals surface area contributed by atoms with Gasteiger partial charge in [0.05, 0.1) is 23.3 Å². The third-order valence-corrected chi connectivity index (χ3v) is 3.67. The fourth-order valence-corrected chi connectivity index (χ4v) is 2.68. The Kier molecular flexibility index (Phi) is 4.92. The maximum absolute atomic E-state index is 12.1. The number of halogens is 1. The molecule has 0 aromatic carbocycles. The quantitative estimate of drug-likeness (QED) is 0.736. The van der Waals surface area contributed by atoms with Crippen LogP contribution in [0.4, 0.5) is 4.79 Å². The molecule has 1 saturated heterocycles. The van der Waals surface area contributed by atoms with E-state index in [-0.39, 0.29) is 11.9 Å². The van der Waals surface area contributed by atoms with Crippen molar-refractivity contribution < 1.29 is 13.6 Å². The number of hydrogen-bond donors (Lipinski definition) is 0. The van der Waals surface area contributed by atoms with E-state index < -0.39 is 11.1 Å². The van der Waals surface area contributed by atoms with Gasteiger partial charge >= 0.3 is 6.03 Å². The van der Waals surface area contributed by atoms with Crippen molar-refractivity contribution in [1.82, 2.24) is 19.6 Å². The van der Waals surface area contributed by atoms with Gasteiger partial charge in [-0.05, 0) is 17.5 Å². The molecule has 0 spiro atoms. The van der Waals surface area contributed by atoms with Crippen LogP contribution in [0.25, 0.3) is 0 Å². The average molecular weight is 306 g/mol. The summed E-state index contributed by atoms with van der Waals surface area (Å²) in [5.41, 5.74) is 0. The van der Waals surface area contributed by atoms with E-state index in [2.05, 4.69) is 5.10 Å². The third kappa shape index (κ3) is 4.00. The molecule has 9 heteroatoms. The lowest BCUT2D eigenvalue weighted by molar-refractivity contribution is 0.197. The smallest absolute Gasteiger partial charge is 0.344 e. The van der Waals surface area contributed by atoms with E-state index in [1.165, 1.54) is 17.1 Å². The van der Waals surface area contributed by atoms with Crippen LogP contribution in [-0.4, -0.2) is 66.4 Å². The summed E-state index contributed by atoms with van der Waals surface area (Å²) in [7, 11) is 0. The van der Waals surface area contributed by atoms with Gasteiger partial charge in [-0.1, -0.05) is 11.6 Å². The van der Waals surface area contributed by atoms with E-state index in [9.17, 15) is 13.6 Å². The zero-order chi connectivity index (χ0) is 13.8. The molecule has 1 aromatic rings. The van der Waals surface area contributed by atoms with E-state index >= 15 is 0 Å². The van der Waals surface area contributed by atoms with Crippen molar-refractivity contribution in [2.75, 3.05) is 32.1 Å². The van der Waals surface area contributed by atoms with Gasteiger partial charge in [0.25, 0.3) is 0 Å². The van der Waals surface area contributed by atoms with Crippen LogP contribution in [0.1, 0.15) is 6.42 Å². The molecule has 106 valence electrons. The zero-order valence-corrected chi connectivity index (χ0v) is 11.8. The van der Waals surface area contributed by atoms with Gasteiger partial charge in [-0.15, -0.1) is 0 Å². The number of rotatable bonds is 2. The van der Waals surface area contributed by atoms with Gasteiger partial charge in [-0.3, -0.25) is 9.11 Å². The van der Waals surface area contributed by atoms with Gasteiger partial charge < -0.3 is 9.45 Å². The van der Waals surface area contributed by atoms with Crippen molar-refractivity contribution >= 4 is 28.7 Å². The van der Waals surface area contributed by atoms with Gasteiger partial charge in [0, 0.05) is 26.2 Å². The van der Waals surface area contributed by atoms with Crippen molar-refractivity contribution in [2.45, 2.75) is 6.42 Å². The molecule has 1 aliphatic rings. The van der Waals surface area contributed by atoms with Crippen LogP contribution in [0.2, 0.25) is 5.02 Å². The second-order valence-electron chi connectivity index (χ2n) is 4.28. The van der Waals surface area contributed by atoms with Crippen LogP contribution in [0, 0.1) is 0 Å². The van der Waals surface area contributed by atoms with Gasteiger partial charge in [0.2, 0.25) is 0 Å². The predicted octanol–water partition coefficient (Wildman–Crippen LogP) is 0.349. The molecule has 7 nitrogen and oxygen atoms in total. The summed E-state index contributed by atoms with van der Waals surface area (Å²) in [6.07, 6.45) is 3.60. The van der Waals surface area contributed by atoms with Crippen molar-refractivity contribution in [1.29, 1.82) is 0 Å². The molecule has 1 atom stereocenters. The first kappa shape index (κ1) is 14.4. The molecule has 1 aliphatic heterocycles. The molecule has 0 bridgehead atoms. The highest BCUT2D eigenvalue weighted by atomic mass is 35.5. The van der Waals surface area contributed by atoms with Crippen molar-refractivity contribution in [3.05, 3.63) is 17.4 Å². The van der Waals surface area contributed by atoms with Crippen molar-refractivity contribution in [3.63, 3.8) is 0 Å². The second kappa shape index (κ2) is 6.47. The molecule has 2 heterocycles. The monoisotopic (exact) mass is 305 g/mol. The Hall–Kier alpha value is -0.960. The van der Waals surface area contributed by atoms with E-state index in [0.29, 0.717) is 31.2 Å². The SMILES string of the molecule is O=C(N1CCCN(CS(=O)[O-])CC1)n1cc(Cl)cn1. The van der Waals surface area contributed by atoms with Crippen LogP contribution in [-0.2, 0) is 11.1 Å². The number of amides is 1. The maximum Gasteiger partial charge on any atom is 0.344 e. The van der Waals surface area contributed by atoms with Crippen LogP contribution in [0.5, 0.6) is 0 Å². The maximum atomic E-state index is 12.1. The number of hydrogen-bond acceptors (Lipinski definition) is 5. The summed E-state index contributed by atoms with van der Waals surface area (Å²) in [6.45, 7) is 2.26. The molecule has 0 saturated carbocycles. The minimum absolute atomic E-state index is 0.00955. The molecular formula is C10H14ClN4O3S-. The summed E-state index contributed by atoms with van der Waals surface area (Å²) in [6, 6.07) is -0.239. The number of carbonyl (C=O) groups excluding carboxylic acids is 1. The van der Waals surface area contributed by atoms with Gasteiger partial charge in [-0.2, -0.15) is 9.78 Å². The van der Waals surface area contributed by atoms with Crippen LogP contribution in [0.3, 0.4) is 0 Å². The second-order valence-corrected chi connectivity index (χ2v) is 5.58. The van der Waals surface area contributed by atoms with E-state index in [1.807, 2.05) is 4.90 Å². The van der Waals surface area contributed by atoms with E-state index in [0.717, 1.165) is 6.42 Å². The average Bonchev–Trinajstić information content (AvgIpc) is 2.65. The first-order valence-corrected chi connectivity index (χ1v) is 7.46. The summed E-state index contributed by atoms with van der Waals surface area (Å²) in [5.74, 6) is 0.00955. The Morgan fingerprint density at radius 3 is 2.84 bits per heavy atom. The fraction of sp³-hybridized carbons (Fsp3) is 0.600. The molecule has 1 amide bonds. The normalized spacial score (nSPS) is 19.2. The Labute approximate surface area is 118 Å². The number of nitrogens with zero attached hydrogens (tertiary/aromatic N) is 4. The fourth-order valence-electron chi connectivity index (χ4n) is 1.99. The highest BCUT2D eigenvalue weighted by Crippen LogP contribution is 2.09. The highest BCUT2D eigenvalue weighted by Gasteiger charge is 2.20. The lowest BCUT2D eigenvalue weighted by Crippen LogP contribution is -2.38. The van der Waals surface area contributed by atoms with E-state index in [4.69, 9.17) is 11.6 Å². The van der Waals surface area contributed by atoms with Crippen molar-refractivity contribution in [2.24, 2.45) is 0 Å². The molecule has 19 heavy (non-hydrogen) atoms. The third-order valence-electron chi connectivity index (χ3n) is 2.89. The lowest BCUT2D eigenvalue weighted by atomic mass is 10.4. The minimum Gasteiger partial charge on any atom is -0.771 e. The first-order chi connectivity index (χ1) is 9.06. The topological polar surface area (TPSA) is 81.5 Å². The Balaban J connectivity index is 1.95. The first-order valence-electron chi connectivity index (χ1n) is 5.84. The summed E-state index contributed by atoms with van der Waals surface area (Å²) in [5, 5.41) is 4.28. The van der Waals surface area contributed by atoms with Gasteiger partial charge in [0.15, 0.2) is 0 Å². The van der Waals surface area contributed by atoms with Crippen LogP contribution < -0.4 is 0 Å². The van der Waals surface area contributed by atoms with Crippen molar-refractivity contribution in [3.8, 4) is 0 Å². The predicted molar refractivity (Wildman–Crippen MR) is 69.6 cm³/mol. The molecular weight excluding hydrogens is 292 g/mol. The van der Waals surface area contributed by atoms with E-state index in [1.54, 1.807) is 4.90 Å². The van der Waals surface area contributed by atoms with Gasteiger partial charge in [-0.25, -0.2) is 4.79 Å². The summed E-state index contributed by atoms with van der Waals surface area (Å²) < 4.78 is 22.5. The lowest BCUT2D eigenvalue weighted by Gasteiger charge is -2.22. The molecule has 2 rings (SSSR count). The van der Waals surface area contributed by atoms with Crippen LogP contribution >= 0.6 is 11.6 Å². The Morgan fingerprint density at radius 1 is 1.42 bits per heavy atom. The highest BCUT2D eigenvalue weighted by molar-refractivity contribution is 7.79.